The molecule has 3 rings (SSSR count). The molecule has 1 amide bonds. The molecule has 6 nitrogen and oxygen atoms in total. The number of hydrogen-bond acceptors (Lipinski definition) is 4. The fraction of sp³-hybridized carbons (Fsp3) is 0.364. The van der Waals surface area contributed by atoms with Crippen LogP contribution in [0.15, 0.2) is 18.2 Å². The van der Waals surface area contributed by atoms with Crippen LogP contribution in [0.3, 0.4) is 0 Å². The topological polar surface area (TPSA) is 95.9 Å². The zero-order chi connectivity index (χ0) is 20.6. The van der Waals surface area contributed by atoms with Crippen LogP contribution >= 0.6 is 0 Å². The predicted octanol–water partition coefficient (Wildman–Crippen LogP) is 4.44. The lowest BCUT2D eigenvalue weighted by Crippen LogP contribution is -2.22. The summed E-state index contributed by atoms with van der Waals surface area (Å²) in [5.41, 5.74) is 5.03. The van der Waals surface area contributed by atoms with E-state index in [2.05, 4.69) is 5.32 Å². The monoisotopic (exact) mass is 383 g/mol. The number of phenols is 1. The minimum Gasteiger partial charge on any atom is -0.508 e. The maximum Gasteiger partial charge on any atom is 0.394 e. The van der Waals surface area contributed by atoms with Crippen molar-refractivity contribution in [2.24, 2.45) is 0 Å². The van der Waals surface area contributed by atoms with Gasteiger partial charge < -0.3 is 20.3 Å². The van der Waals surface area contributed by atoms with E-state index in [0.717, 1.165) is 52.8 Å². The number of amides is 1. The first-order valence-corrected chi connectivity index (χ1v) is 9.40. The van der Waals surface area contributed by atoms with Crippen molar-refractivity contribution in [1.82, 2.24) is 0 Å². The highest BCUT2D eigenvalue weighted by atomic mass is 16.5. The highest BCUT2D eigenvalue weighted by molar-refractivity contribution is 6.36. The number of anilines is 1. The van der Waals surface area contributed by atoms with Crippen LogP contribution in [0.1, 0.15) is 54.0 Å². The van der Waals surface area contributed by atoms with Gasteiger partial charge in [-0.15, -0.1) is 0 Å². The fourth-order valence-corrected chi connectivity index (χ4v) is 3.97. The van der Waals surface area contributed by atoms with E-state index in [1.54, 1.807) is 18.2 Å². The molecule has 3 N–H and O–H groups in total. The number of benzene rings is 2. The number of aromatic hydroxyl groups is 1. The number of hydrogen-bond donors (Lipinski definition) is 3. The van der Waals surface area contributed by atoms with Gasteiger partial charge in [-0.1, -0.05) is 13.8 Å². The Hall–Kier alpha value is -3.02. The van der Waals surface area contributed by atoms with E-state index in [1.807, 2.05) is 27.7 Å². The second-order valence-electron chi connectivity index (χ2n) is 7.52. The Morgan fingerprint density at radius 1 is 1.14 bits per heavy atom. The van der Waals surface area contributed by atoms with Crippen LogP contribution in [0.25, 0.3) is 0 Å². The van der Waals surface area contributed by atoms with Crippen molar-refractivity contribution < 1.29 is 24.5 Å². The molecule has 0 aromatic heterocycles. The summed E-state index contributed by atoms with van der Waals surface area (Å²) >= 11 is 0. The second-order valence-corrected chi connectivity index (χ2v) is 7.52. The molecule has 0 atom stereocenters. The average Bonchev–Trinajstić information content (AvgIpc) is 3.09. The molecule has 148 valence electrons. The van der Waals surface area contributed by atoms with Crippen molar-refractivity contribution in [3.05, 3.63) is 46.0 Å². The Kier molecular flexibility index (Phi) is 5.31. The summed E-state index contributed by atoms with van der Waals surface area (Å²) in [6.07, 6.45) is 2.47. The third-order valence-corrected chi connectivity index (χ3v) is 5.21. The van der Waals surface area contributed by atoms with Crippen LogP contribution in [0.4, 0.5) is 5.69 Å². The van der Waals surface area contributed by atoms with Crippen molar-refractivity contribution in [2.75, 3.05) is 5.32 Å². The van der Waals surface area contributed by atoms with Gasteiger partial charge >= 0.3 is 11.9 Å². The number of carbonyl (C=O) groups is 2. The van der Waals surface area contributed by atoms with Crippen molar-refractivity contribution in [3.63, 3.8) is 0 Å². The van der Waals surface area contributed by atoms with E-state index in [0.29, 0.717) is 11.4 Å². The minimum atomic E-state index is -1.51. The first kappa shape index (κ1) is 19.7. The maximum absolute atomic E-state index is 11.6. The lowest BCUT2D eigenvalue weighted by molar-refractivity contribution is -0.147. The summed E-state index contributed by atoms with van der Waals surface area (Å²) in [5, 5.41) is 21.5. The van der Waals surface area contributed by atoms with E-state index in [4.69, 9.17) is 9.84 Å². The number of aryl methyl sites for hydroxylation is 1. The number of carbonyl (C=O) groups excluding carboxylic acids is 1. The number of carboxylic acids is 1. The molecule has 28 heavy (non-hydrogen) atoms. The number of rotatable bonds is 4. The Bertz CT molecular complexity index is 962. The zero-order valence-corrected chi connectivity index (χ0v) is 16.5. The van der Waals surface area contributed by atoms with E-state index < -0.39 is 11.9 Å². The molecule has 2 aromatic carbocycles. The Labute approximate surface area is 164 Å². The first-order chi connectivity index (χ1) is 13.2. The molecule has 0 bridgehead atoms. The molecule has 0 unspecified atom stereocenters. The van der Waals surface area contributed by atoms with E-state index in [-0.39, 0.29) is 11.7 Å². The van der Waals surface area contributed by atoms with Crippen molar-refractivity contribution in [1.29, 1.82) is 0 Å². The molecule has 1 aliphatic rings. The number of ether oxygens (including phenoxy) is 1. The van der Waals surface area contributed by atoms with Gasteiger partial charge in [0, 0.05) is 16.8 Å². The fourth-order valence-electron chi connectivity index (χ4n) is 3.97. The van der Waals surface area contributed by atoms with E-state index in [1.165, 1.54) is 0 Å². The summed E-state index contributed by atoms with van der Waals surface area (Å²) < 4.78 is 6.30. The quantitative estimate of drug-likeness (QED) is 0.679. The Morgan fingerprint density at radius 3 is 2.46 bits per heavy atom. The molecule has 0 saturated carbocycles. The maximum atomic E-state index is 11.6. The highest BCUT2D eigenvalue weighted by Gasteiger charge is 2.25. The van der Waals surface area contributed by atoms with Gasteiger partial charge in [-0.3, -0.25) is 4.79 Å². The van der Waals surface area contributed by atoms with Crippen molar-refractivity contribution in [2.45, 2.75) is 52.9 Å². The highest BCUT2D eigenvalue weighted by Crippen LogP contribution is 2.43. The number of nitrogens with one attached hydrogen (secondary N) is 1. The van der Waals surface area contributed by atoms with Gasteiger partial charge in [-0.05, 0) is 73.9 Å². The van der Waals surface area contributed by atoms with E-state index >= 15 is 0 Å². The summed E-state index contributed by atoms with van der Waals surface area (Å²) in [4.78, 5) is 22.5. The first-order valence-electron chi connectivity index (χ1n) is 9.40. The Morgan fingerprint density at radius 2 is 1.82 bits per heavy atom. The van der Waals surface area contributed by atoms with E-state index in [9.17, 15) is 14.7 Å². The Balaban J connectivity index is 2.03. The number of carboxylic acid groups (broad SMARTS) is 1. The SMILES string of the molecule is Cc1cc(NC(=O)C(=O)O)c2c(c1Oc1ccc(O)c(C(C)C)c1C)CCC2. The standard InChI is InChI=1S/C22H25NO5/c1-11(2)19-13(4)18(9-8-17(19)24)28-20-12(3)10-16(23-21(25)22(26)27)14-6-5-7-15(14)20/h8-11,24H,5-7H2,1-4H3,(H,23,25)(H,26,27). The molecule has 0 radical (unpaired) electrons. The van der Waals surface area contributed by atoms with Crippen LogP contribution in [0, 0.1) is 13.8 Å². The lowest BCUT2D eigenvalue weighted by atomic mass is 9.96. The summed E-state index contributed by atoms with van der Waals surface area (Å²) in [5.74, 6) is -0.716. The molecule has 0 fully saturated rings. The normalized spacial score (nSPS) is 12.8. The van der Waals surface area contributed by atoms with Crippen LogP contribution in [-0.4, -0.2) is 22.1 Å². The predicted molar refractivity (Wildman–Crippen MR) is 106 cm³/mol. The van der Waals surface area contributed by atoms with Crippen LogP contribution in [0.2, 0.25) is 0 Å². The van der Waals surface area contributed by atoms with Crippen LogP contribution < -0.4 is 10.1 Å². The minimum absolute atomic E-state index is 0.156. The van der Waals surface area contributed by atoms with Crippen molar-refractivity contribution in [3.8, 4) is 17.2 Å². The average molecular weight is 383 g/mol. The van der Waals surface area contributed by atoms with Gasteiger partial charge in [0.15, 0.2) is 0 Å². The molecule has 6 heteroatoms. The molecular formula is C22H25NO5. The van der Waals surface area contributed by atoms with Crippen molar-refractivity contribution >= 4 is 17.6 Å². The molecule has 0 heterocycles. The summed E-state index contributed by atoms with van der Waals surface area (Å²) in [7, 11) is 0. The summed E-state index contributed by atoms with van der Waals surface area (Å²) in [6, 6.07) is 5.17. The largest absolute Gasteiger partial charge is 0.508 e. The zero-order valence-electron chi connectivity index (χ0n) is 16.5. The van der Waals surface area contributed by atoms with Gasteiger partial charge in [0.1, 0.15) is 17.2 Å². The number of aliphatic carboxylic acids is 1. The van der Waals surface area contributed by atoms with Crippen LogP contribution in [-0.2, 0) is 22.4 Å². The van der Waals surface area contributed by atoms with Gasteiger partial charge in [-0.25, -0.2) is 4.79 Å². The van der Waals surface area contributed by atoms with Gasteiger partial charge in [0.05, 0.1) is 0 Å². The molecular weight excluding hydrogens is 358 g/mol. The number of fused-ring (bicyclic) bond motifs is 1. The molecule has 2 aromatic rings. The third kappa shape index (κ3) is 3.54. The third-order valence-electron chi connectivity index (χ3n) is 5.21. The lowest BCUT2D eigenvalue weighted by Gasteiger charge is -2.20. The molecule has 0 spiro atoms. The molecule has 1 aliphatic carbocycles. The molecule has 0 aliphatic heterocycles. The van der Waals surface area contributed by atoms with Gasteiger partial charge in [-0.2, -0.15) is 0 Å². The smallest absolute Gasteiger partial charge is 0.394 e. The molecule has 0 saturated heterocycles. The van der Waals surface area contributed by atoms with Gasteiger partial charge in [0.2, 0.25) is 0 Å². The number of phenolic OH excluding ortho intramolecular Hbond substituents is 1. The van der Waals surface area contributed by atoms with Crippen LogP contribution in [0.5, 0.6) is 17.2 Å². The summed E-state index contributed by atoms with van der Waals surface area (Å²) in [6.45, 7) is 7.86. The second kappa shape index (κ2) is 7.54. The van der Waals surface area contributed by atoms with Gasteiger partial charge in [0.25, 0.3) is 0 Å².